The van der Waals surface area contributed by atoms with Crippen molar-refractivity contribution in [2.45, 2.75) is 37.0 Å². The number of thioether (sulfide) groups is 1. The molecule has 0 bridgehead atoms. The van der Waals surface area contributed by atoms with Gasteiger partial charge in [-0.05, 0) is 40.8 Å². The van der Waals surface area contributed by atoms with Crippen LogP contribution in [-0.2, 0) is 17.8 Å². The normalized spacial score (nSPS) is 10.9. The summed E-state index contributed by atoms with van der Waals surface area (Å²) >= 11 is 3.47. The summed E-state index contributed by atoms with van der Waals surface area (Å²) in [5.74, 6) is 0.0226. The van der Waals surface area contributed by atoms with Crippen molar-refractivity contribution in [3.63, 3.8) is 0 Å². The Balaban J connectivity index is 1.58. The van der Waals surface area contributed by atoms with Crippen LogP contribution >= 0.6 is 23.1 Å². The number of thiophene rings is 1. The van der Waals surface area contributed by atoms with E-state index in [0.717, 1.165) is 22.4 Å². The molecule has 3 rings (SSSR count). The fraction of sp³-hybridized carbons (Fsp3) is 0.238. The van der Waals surface area contributed by atoms with Crippen LogP contribution in [-0.4, -0.2) is 16.1 Å². The highest BCUT2D eigenvalue weighted by Crippen LogP contribution is 2.24. The number of hydrogen-bond acceptors (Lipinski definition) is 4. The zero-order valence-corrected chi connectivity index (χ0v) is 16.6. The van der Waals surface area contributed by atoms with E-state index in [1.165, 1.54) is 4.90 Å². The summed E-state index contributed by atoms with van der Waals surface area (Å²) in [5, 5.41) is 7.68. The first-order chi connectivity index (χ1) is 12.6. The second-order valence-electron chi connectivity index (χ2n) is 6.29. The Morgan fingerprint density at radius 3 is 2.69 bits per heavy atom. The van der Waals surface area contributed by atoms with Gasteiger partial charge < -0.3 is 5.32 Å². The zero-order chi connectivity index (χ0) is 18.4. The van der Waals surface area contributed by atoms with Crippen LogP contribution in [0.4, 0.5) is 0 Å². The molecule has 3 nitrogen and oxygen atoms in total. The van der Waals surface area contributed by atoms with Gasteiger partial charge in [0.1, 0.15) is 0 Å². The van der Waals surface area contributed by atoms with E-state index in [0.29, 0.717) is 18.2 Å². The van der Waals surface area contributed by atoms with E-state index in [4.69, 9.17) is 0 Å². The van der Waals surface area contributed by atoms with Gasteiger partial charge in [0.05, 0.1) is 12.1 Å². The third kappa shape index (κ3) is 5.19. The van der Waals surface area contributed by atoms with Crippen molar-refractivity contribution in [2.24, 2.45) is 0 Å². The first kappa shape index (κ1) is 18.7. The smallest absolute Gasteiger partial charge is 0.224 e. The predicted molar refractivity (Wildman–Crippen MR) is 111 cm³/mol. The Kier molecular flexibility index (Phi) is 6.47. The summed E-state index contributed by atoms with van der Waals surface area (Å²) in [6.07, 6.45) is 2.18. The van der Waals surface area contributed by atoms with E-state index in [1.54, 1.807) is 17.5 Å². The molecule has 0 saturated heterocycles. The molecule has 2 aromatic heterocycles. The van der Waals surface area contributed by atoms with E-state index >= 15 is 0 Å². The van der Waals surface area contributed by atoms with Gasteiger partial charge in [-0.25, -0.2) is 0 Å². The Labute approximate surface area is 162 Å². The lowest BCUT2D eigenvalue weighted by Gasteiger charge is -2.10. The molecular formula is C21H22N2OS2. The van der Waals surface area contributed by atoms with Crippen molar-refractivity contribution < 1.29 is 4.79 Å². The second kappa shape index (κ2) is 9.01. The Bertz CT molecular complexity index is 843. The van der Waals surface area contributed by atoms with Gasteiger partial charge in [-0.1, -0.05) is 32.0 Å². The topological polar surface area (TPSA) is 42.0 Å². The number of rotatable bonds is 7. The number of aromatic nitrogens is 1. The van der Waals surface area contributed by atoms with Gasteiger partial charge in [-0.2, -0.15) is 11.3 Å². The minimum atomic E-state index is 0.0226. The van der Waals surface area contributed by atoms with Gasteiger partial charge in [0, 0.05) is 33.8 Å². The summed E-state index contributed by atoms with van der Waals surface area (Å²) in [5.41, 5.74) is 4.09. The summed E-state index contributed by atoms with van der Waals surface area (Å²) in [6.45, 7) is 4.84. The first-order valence-electron chi connectivity index (χ1n) is 8.60. The molecule has 0 aliphatic heterocycles. The Morgan fingerprint density at radius 2 is 2.00 bits per heavy atom. The molecule has 0 atom stereocenters. The van der Waals surface area contributed by atoms with Crippen molar-refractivity contribution in [1.82, 2.24) is 10.3 Å². The molecule has 5 heteroatoms. The average Bonchev–Trinajstić information content (AvgIpc) is 3.16. The van der Waals surface area contributed by atoms with Crippen LogP contribution in [0.2, 0.25) is 0 Å². The number of pyridine rings is 1. The molecule has 1 aromatic carbocycles. The van der Waals surface area contributed by atoms with Gasteiger partial charge in [-0.3, -0.25) is 9.78 Å². The van der Waals surface area contributed by atoms with Gasteiger partial charge >= 0.3 is 0 Å². The maximum Gasteiger partial charge on any atom is 0.224 e. The van der Waals surface area contributed by atoms with Gasteiger partial charge in [-0.15, -0.1) is 11.8 Å². The minimum absolute atomic E-state index is 0.0226. The third-order valence-corrected chi connectivity index (χ3v) is 5.52. The quantitative estimate of drug-likeness (QED) is 0.573. The lowest BCUT2D eigenvalue weighted by atomic mass is 10.1. The van der Waals surface area contributed by atoms with Crippen LogP contribution in [0.25, 0.3) is 11.3 Å². The maximum absolute atomic E-state index is 12.3. The molecule has 0 saturated carbocycles. The van der Waals surface area contributed by atoms with Crippen molar-refractivity contribution in [3.8, 4) is 11.3 Å². The van der Waals surface area contributed by atoms with E-state index in [9.17, 15) is 4.79 Å². The first-order valence-corrected chi connectivity index (χ1v) is 10.4. The van der Waals surface area contributed by atoms with Gasteiger partial charge in [0.25, 0.3) is 0 Å². The molecule has 0 aliphatic carbocycles. The molecule has 0 fully saturated rings. The molecule has 1 N–H and O–H groups in total. The second-order valence-corrected chi connectivity index (χ2v) is 8.72. The molecule has 0 aliphatic rings. The zero-order valence-electron chi connectivity index (χ0n) is 14.9. The van der Waals surface area contributed by atoms with Crippen molar-refractivity contribution in [2.75, 3.05) is 0 Å². The van der Waals surface area contributed by atoms with Crippen LogP contribution in [0.5, 0.6) is 0 Å². The summed E-state index contributed by atoms with van der Waals surface area (Å²) in [7, 11) is 0. The summed E-state index contributed by atoms with van der Waals surface area (Å²) in [6, 6.07) is 14.2. The molecule has 26 heavy (non-hydrogen) atoms. The van der Waals surface area contributed by atoms with Crippen LogP contribution in [0, 0.1) is 0 Å². The number of nitrogens with one attached hydrogen (secondary N) is 1. The van der Waals surface area contributed by atoms with Crippen LogP contribution < -0.4 is 5.32 Å². The van der Waals surface area contributed by atoms with E-state index < -0.39 is 0 Å². The average molecular weight is 383 g/mol. The summed E-state index contributed by atoms with van der Waals surface area (Å²) in [4.78, 5) is 18.0. The predicted octanol–water partition coefficient (Wildman–Crippen LogP) is 5.17. The molecule has 0 spiro atoms. The minimum Gasteiger partial charge on any atom is -0.352 e. The molecule has 3 aromatic rings. The van der Waals surface area contributed by atoms with Crippen LogP contribution in [0.1, 0.15) is 25.0 Å². The molecular weight excluding hydrogens is 360 g/mol. The van der Waals surface area contributed by atoms with Crippen molar-refractivity contribution >= 4 is 29.0 Å². The highest BCUT2D eigenvalue weighted by atomic mass is 32.2. The fourth-order valence-electron chi connectivity index (χ4n) is 2.64. The van der Waals surface area contributed by atoms with E-state index in [-0.39, 0.29) is 5.91 Å². The van der Waals surface area contributed by atoms with Gasteiger partial charge in [0.2, 0.25) is 5.91 Å². The molecule has 134 valence electrons. The highest BCUT2D eigenvalue weighted by molar-refractivity contribution is 7.99. The number of carbonyl (C=O) groups excluding carboxylic acids is 1. The number of benzene rings is 1. The Hall–Kier alpha value is -2.11. The molecule has 2 heterocycles. The maximum atomic E-state index is 12.3. The van der Waals surface area contributed by atoms with Crippen LogP contribution in [0.3, 0.4) is 0 Å². The Morgan fingerprint density at radius 1 is 1.19 bits per heavy atom. The van der Waals surface area contributed by atoms with E-state index in [1.807, 2.05) is 41.4 Å². The molecule has 0 radical (unpaired) electrons. The molecule has 0 unspecified atom stereocenters. The van der Waals surface area contributed by atoms with Crippen molar-refractivity contribution in [1.29, 1.82) is 0 Å². The SMILES string of the molecule is CC(C)Sc1ccc(CC(=O)NCc2cccnc2-c2ccsc2)cc1. The lowest BCUT2D eigenvalue weighted by molar-refractivity contribution is -0.120. The fourth-order valence-corrected chi connectivity index (χ4v) is 4.12. The lowest BCUT2D eigenvalue weighted by Crippen LogP contribution is -2.24. The number of nitrogens with zero attached hydrogens (tertiary/aromatic N) is 1. The number of hydrogen-bond donors (Lipinski definition) is 1. The van der Waals surface area contributed by atoms with Crippen molar-refractivity contribution in [3.05, 3.63) is 70.5 Å². The number of amides is 1. The monoisotopic (exact) mass is 382 g/mol. The van der Waals surface area contributed by atoms with Gasteiger partial charge in [0.15, 0.2) is 0 Å². The van der Waals surface area contributed by atoms with Crippen LogP contribution in [0.15, 0.2) is 64.3 Å². The molecule has 1 amide bonds. The number of carbonyl (C=O) groups is 1. The van der Waals surface area contributed by atoms with E-state index in [2.05, 4.69) is 47.7 Å². The third-order valence-electron chi connectivity index (χ3n) is 3.82. The highest BCUT2D eigenvalue weighted by Gasteiger charge is 2.09. The summed E-state index contributed by atoms with van der Waals surface area (Å²) < 4.78 is 0. The standard InChI is InChI=1S/C21H22N2OS2/c1-15(2)26-19-7-5-16(6-8-19)12-20(24)23-13-17-4-3-10-22-21(17)18-9-11-25-14-18/h3-11,14-15H,12-13H2,1-2H3,(H,23,24). The largest absolute Gasteiger partial charge is 0.352 e.